The summed E-state index contributed by atoms with van der Waals surface area (Å²) in [6.07, 6.45) is 6.01. The number of carbonyl (C=O) groups is 1. The Balaban J connectivity index is 1.76. The van der Waals surface area contributed by atoms with Crippen LogP contribution in [0.25, 0.3) is 10.9 Å². The lowest BCUT2D eigenvalue weighted by molar-refractivity contribution is -0.120. The van der Waals surface area contributed by atoms with Crippen LogP contribution in [0, 0.1) is 5.92 Å². The molecule has 3 rings (SSSR count). The van der Waals surface area contributed by atoms with E-state index in [0.29, 0.717) is 5.78 Å². The summed E-state index contributed by atoms with van der Waals surface area (Å²) in [5, 5.41) is 1.19. The highest BCUT2D eigenvalue weighted by Crippen LogP contribution is 2.26. The van der Waals surface area contributed by atoms with E-state index in [0.717, 1.165) is 38.0 Å². The van der Waals surface area contributed by atoms with Gasteiger partial charge in [-0.15, -0.1) is 0 Å². The summed E-state index contributed by atoms with van der Waals surface area (Å²) in [4.78, 5) is 11.7. The number of Topliss-reactive ketones (excluding diaryl/α,β-unsaturated/α-hetero) is 1. The second-order valence-electron chi connectivity index (χ2n) is 5.28. The van der Waals surface area contributed by atoms with Crippen LogP contribution in [0.4, 0.5) is 0 Å². The SMILES string of the molecule is COc1ccc2c(ccn2CCC2CCCC2=O)c1. The largest absolute Gasteiger partial charge is 0.497 e. The number of ketones is 1. The molecule has 3 nitrogen and oxygen atoms in total. The Morgan fingerprint density at radius 3 is 3.00 bits per heavy atom. The third-order valence-electron chi connectivity index (χ3n) is 4.13. The highest BCUT2D eigenvalue weighted by molar-refractivity contribution is 5.83. The van der Waals surface area contributed by atoms with Gasteiger partial charge in [-0.1, -0.05) is 0 Å². The van der Waals surface area contributed by atoms with Crippen LogP contribution in [0.3, 0.4) is 0 Å². The molecule has 1 aliphatic carbocycles. The smallest absolute Gasteiger partial charge is 0.136 e. The lowest BCUT2D eigenvalue weighted by atomic mass is 10.0. The van der Waals surface area contributed by atoms with E-state index >= 15 is 0 Å². The molecular formula is C16H19NO2. The molecule has 19 heavy (non-hydrogen) atoms. The van der Waals surface area contributed by atoms with Gasteiger partial charge in [-0.05, 0) is 43.5 Å². The summed E-state index contributed by atoms with van der Waals surface area (Å²) in [5.74, 6) is 1.63. The van der Waals surface area contributed by atoms with Gasteiger partial charge in [-0.2, -0.15) is 0 Å². The lowest BCUT2D eigenvalue weighted by Gasteiger charge is -2.10. The van der Waals surface area contributed by atoms with Crippen molar-refractivity contribution in [1.29, 1.82) is 0 Å². The van der Waals surface area contributed by atoms with Crippen molar-refractivity contribution < 1.29 is 9.53 Å². The maximum atomic E-state index is 11.7. The van der Waals surface area contributed by atoms with Crippen molar-refractivity contribution in [2.45, 2.75) is 32.2 Å². The Kier molecular flexibility index (Phi) is 3.28. The molecule has 0 aliphatic heterocycles. The molecule has 1 atom stereocenters. The fourth-order valence-corrected chi connectivity index (χ4v) is 2.99. The second kappa shape index (κ2) is 5.08. The van der Waals surface area contributed by atoms with E-state index in [2.05, 4.69) is 22.9 Å². The number of carbonyl (C=O) groups excluding carboxylic acids is 1. The van der Waals surface area contributed by atoms with Gasteiger partial charge < -0.3 is 9.30 Å². The molecule has 0 spiro atoms. The predicted molar refractivity (Wildman–Crippen MR) is 75.5 cm³/mol. The van der Waals surface area contributed by atoms with Crippen molar-refractivity contribution in [2.75, 3.05) is 7.11 Å². The lowest BCUT2D eigenvalue weighted by Crippen LogP contribution is -2.09. The maximum Gasteiger partial charge on any atom is 0.136 e. The van der Waals surface area contributed by atoms with Gasteiger partial charge in [-0.25, -0.2) is 0 Å². The Hall–Kier alpha value is -1.77. The first kappa shape index (κ1) is 12.3. The van der Waals surface area contributed by atoms with Crippen molar-refractivity contribution in [1.82, 2.24) is 4.57 Å². The van der Waals surface area contributed by atoms with Crippen molar-refractivity contribution in [3.63, 3.8) is 0 Å². The van der Waals surface area contributed by atoms with Gasteiger partial charge in [0.05, 0.1) is 7.11 Å². The third kappa shape index (κ3) is 2.37. The summed E-state index contributed by atoms with van der Waals surface area (Å²) >= 11 is 0. The zero-order valence-corrected chi connectivity index (χ0v) is 11.3. The molecule has 0 saturated heterocycles. The minimum atomic E-state index is 0.288. The fraction of sp³-hybridized carbons (Fsp3) is 0.438. The average Bonchev–Trinajstić information content (AvgIpc) is 3.02. The van der Waals surface area contributed by atoms with Gasteiger partial charge in [-0.3, -0.25) is 4.79 Å². The molecule has 3 heteroatoms. The van der Waals surface area contributed by atoms with Gasteiger partial charge in [0.15, 0.2) is 0 Å². The first-order valence-electron chi connectivity index (χ1n) is 6.93. The van der Waals surface area contributed by atoms with Gasteiger partial charge in [0.2, 0.25) is 0 Å². The van der Waals surface area contributed by atoms with Crippen LogP contribution >= 0.6 is 0 Å². The summed E-state index contributed by atoms with van der Waals surface area (Å²) in [5.41, 5.74) is 1.21. The number of benzene rings is 1. The quantitative estimate of drug-likeness (QED) is 0.840. The zero-order chi connectivity index (χ0) is 13.2. The van der Waals surface area contributed by atoms with E-state index < -0.39 is 0 Å². The van der Waals surface area contributed by atoms with Gasteiger partial charge in [0.25, 0.3) is 0 Å². The van der Waals surface area contributed by atoms with Crippen molar-refractivity contribution >= 4 is 16.7 Å². The van der Waals surface area contributed by atoms with Crippen molar-refractivity contribution in [3.8, 4) is 5.75 Å². The fourth-order valence-electron chi connectivity index (χ4n) is 2.99. The number of fused-ring (bicyclic) bond motifs is 1. The molecule has 1 saturated carbocycles. The summed E-state index contributed by atoms with van der Waals surface area (Å²) in [6.45, 7) is 0.923. The number of methoxy groups -OCH3 is 1. The van der Waals surface area contributed by atoms with Crippen LogP contribution in [-0.4, -0.2) is 17.5 Å². The monoisotopic (exact) mass is 257 g/mol. The van der Waals surface area contributed by atoms with Crippen LogP contribution in [0.1, 0.15) is 25.7 Å². The van der Waals surface area contributed by atoms with Crippen LogP contribution in [0.2, 0.25) is 0 Å². The molecule has 1 heterocycles. The van der Waals surface area contributed by atoms with Crippen molar-refractivity contribution in [2.24, 2.45) is 5.92 Å². The van der Waals surface area contributed by atoms with Gasteiger partial charge in [0, 0.05) is 36.0 Å². The topological polar surface area (TPSA) is 31.2 Å². The molecule has 1 aromatic carbocycles. The zero-order valence-electron chi connectivity index (χ0n) is 11.3. The molecule has 0 amide bonds. The minimum absolute atomic E-state index is 0.288. The maximum absolute atomic E-state index is 11.7. The van der Waals surface area contributed by atoms with E-state index in [9.17, 15) is 4.79 Å². The van der Waals surface area contributed by atoms with Crippen molar-refractivity contribution in [3.05, 3.63) is 30.5 Å². The molecule has 1 unspecified atom stereocenters. The minimum Gasteiger partial charge on any atom is -0.497 e. The van der Waals surface area contributed by atoms with Crippen LogP contribution in [0.5, 0.6) is 5.75 Å². The van der Waals surface area contributed by atoms with Gasteiger partial charge >= 0.3 is 0 Å². The Morgan fingerprint density at radius 1 is 1.37 bits per heavy atom. The van der Waals surface area contributed by atoms with Gasteiger partial charge in [0.1, 0.15) is 11.5 Å². The van der Waals surface area contributed by atoms with E-state index in [1.165, 1.54) is 10.9 Å². The Labute approximate surface area is 113 Å². The highest BCUT2D eigenvalue weighted by Gasteiger charge is 2.23. The van der Waals surface area contributed by atoms with E-state index in [4.69, 9.17) is 4.74 Å². The average molecular weight is 257 g/mol. The molecule has 1 fully saturated rings. The van der Waals surface area contributed by atoms with Crippen LogP contribution < -0.4 is 4.74 Å². The number of nitrogens with zero attached hydrogens (tertiary/aromatic N) is 1. The standard InChI is InChI=1S/C16H19NO2/c1-19-14-5-6-15-13(11-14)8-10-17(15)9-7-12-3-2-4-16(12)18/h5-6,8,10-12H,2-4,7,9H2,1H3. The summed E-state index contributed by atoms with van der Waals surface area (Å²) in [6, 6.07) is 8.23. The third-order valence-corrected chi connectivity index (χ3v) is 4.13. The number of rotatable bonds is 4. The normalized spacial score (nSPS) is 19.2. The number of aromatic nitrogens is 1. The number of ether oxygens (including phenoxy) is 1. The molecule has 1 aromatic heterocycles. The highest BCUT2D eigenvalue weighted by atomic mass is 16.5. The first-order valence-corrected chi connectivity index (χ1v) is 6.93. The number of hydrogen-bond donors (Lipinski definition) is 0. The molecule has 100 valence electrons. The number of aryl methyl sites for hydroxylation is 1. The first-order chi connectivity index (χ1) is 9.28. The summed E-state index contributed by atoms with van der Waals surface area (Å²) < 4.78 is 7.47. The Morgan fingerprint density at radius 2 is 2.26 bits per heavy atom. The van der Waals surface area contributed by atoms with E-state index in [-0.39, 0.29) is 5.92 Å². The molecule has 1 aliphatic rings. The molecule has 0 N–H and O–H groups in total. The molecule has 0 bridgehead atoms. The molecule has 0 radical (unpaired) electrons. The van der Waals surface area contributed by atoms with Crippen LogP contribution in [-0.2, 0) is 11.3 Å². The van der Waals surface area contributed by atoms with E-state index in [1.807, 2.05) is 12.1 Å². The molecular weight excluding hydrogens is 238 g/mol. The second-order valence-corrected chi connectivity index (χ2v) is 5.28. The van der Waals surface area contributed by atoms with E-state index in [1.54, 1.807) is 7.11 Å². The Bertz CT molecular complexity index is 600. The molecule has 2 aromatic rings. The van der Waals surface area contributed by atoms with Crippen LogP contribution in [0.15, 0.2) is 30.5 Å². The predicted octanol–water partition coefficient (Wildman–Crippen LogP) is 3.41. The number of hydrogen-bond acceptors (Lipinski definition) is 2. The summed E-state index contributed by atoms with van der Waals surface area (Å²) in [7, 11) is 1.68.